The van der Waals surface area contributed by atoms with Crippen LogP contribution in [-0.4, -0.2) is 11.7 Å². The van der Waals surface area contributed by atoms with E-state index in [4.69, 9.17) is 5.73 Å². The summed E-state index contributed by atoms with van der Waals surface area (Å²) in [6.45, 7) is 5.51. The van der Waals surface area contributed by atoms with Gasteiger partial charge in [-0.25, -0.2) is 0 Å². The van der Waals surface area contributed by atoms with Crippen LogP contribution in [0.2, 0.25) is 0 Å². The van der Waals surface area contributed by atoms with E-state index < -0.39 is 11.7 Å². The van der Waals surface area contributed by atoms with Crippen molar-refractivity contribution >= 4 is 11.7 Å². The molecule has 3 heteroatoms. The first-order valence-corrected chi connectivity index (χ1v) is 4.09. The van der Waals surface area contributed by atoms with Gasteiger partial charge < -0.3 is 5.73 Å². The number of hydrogen-bond donors (Lipinski definition) is 1. The number of carbonyl (C=O) groups is 2. The maximum atomic E-state index is 11.0. The molecule has 0 radical (unpaired) electrons. The Morgan fingerprint density at radius 1 is 1.58 bits per heavy atom. The fourth-order valence-electron chi connectivity index (χ4n) is 0.963. The standard InChI is InChI=1S/C9H15NO2/c1-3-5-6-7(4-2)8(11)9(10)12/h4,7H,2-3,5-6H2,1H3,(H2,10,12)/t7-/m0/s1. The van der Waals surface area contributed by atoms with Crippen molar-refractivity contribution in [2.75, 3.05) is 0 Å². The number of rotatable bonds is 6. The van der Waals surface area contributed by atoms with Gasteiger partial charge in [0, 0.05) is 5.92 Å². The van der Waals surface area contributed by atoms with Gasteiger partial charge in [-0.15, -0.1) is 6.58 Å². The maximum absolute atomic E-state index is 11.0. The van der Waals surface area contributed by atoms with Crippen LogP contribution in [0.3, 0.4) is 0 Å². The average Bonchev–Trinajstić information content (AvgIpc) is 2.05. The molecule has 0 aliphatic carbocycles. The molecule has 0 heterocycles. The molecular formula is C9H15NO2. The normalized spacial score (nSPS) is 12.1. The van der Waals surface area contributed by atoms with Crippen LogP contribution in [0, 0.1) is 5.92 Å². The van der Waals surface area contributed by atoms with Gasteiger partial charge in [0.1, 0.15) is 0 Å². The van der Waals surface area contributed by atoms with Gasteiger partial charge in [0.05, 0.1) is 0 Å². The lowest BCUT2D eigenvalue weighted by Gasteiger charge is -2.06. The minimum absolute atomic E-state index is 0.387. The monoisotopic (exact) mass is 169 g/mol. The first kappa shape index (κ1) is 10.9. The van der Waals surface area contributed by atoms with Crippen molar-refractivity contribution in [2.45, 2.75) is 26.2 Å². The Bertz CT molecular complexity index is 187. The molecule has 1 atom stereocenters. The van der Waals surface area contributed by atoms with Crippen LogP contribution in [0.4, 0.5) is 0 Å². The summed E-state index contributed by atoms with van der Waals surface area (Å²) in [5.74, 6) is -1.78. The summed E-state index contributed by atoms with van der Waals surface area (Å²) in [6.07, 6.45) is 4.07. The number of amides is 1. The van der Waals surface area contributed by atoms with Crippen molar-refractivity contribution in [3.8, 4) is 0 Å². The first-order chi connectivity index (χ1) is 5.63. The predicted molar refractivity (Wildman–Crippen MR) is 47.4 cm³/mol. The number of allylic oxidation sites excluding steroid dienone is 1. The molecule has 0 rings (SSSR count). The van der Waals surface area contributed by atoms with Gasteiger partial charge in [-0.2, -0.15) is 0 Å². The summed E-state index contributed by atoms with van der Waals surface area (Å²) < 4.78 is 0. The van der Waals surface area contributed by atoms with Crippen LogP contribution < -0.4 is 5.73 Å². The molecule has 68 valence electrons. The summed E-state index contributed by atoms with van der Waals surface area (Å²) in [6, 6.07) is 0. The highest BCUT2D eigenvalue weighted by Gasteiger charge is 2.18. The quantitative estimate of drug-likeness (QED) is 0.477. The van der Waals surface area contributed by atoms with Crippen molar-refractivity contribution in [1.29, 1.82) is 0 Å². The third-order valence-electron chi connectivity index (χ3n) is 1.73. The van der Waals surface area contributed by atoms with E-state index in [9.17, 15) is 9.59 Å². The second kappa shape index (κ2) is 5.52. The Morgan fingerprint density at radius 3 is 2.50 bits per heavy atom. The van der Waals surface area contributed by atoms with Crippen LogP contribution in [0.5, 0.6) is 0 Å². The van der Waals surface area contributed by atoms with Crippen LogP contribution >= 0.6 is 0 Å². The highest BCUT2D eigenvalue weighted by atomic mass is 16.2. The number of ketones is 1. The third kappa shape index (κ3) is 3.32. The highest BCUT2D eigenvalue weighted by molar-refractivity contribution is 6.36. The number of unbranched alkanes of at least 4 members (excludes halogenated alkanes) is 1. The highest BCUT2D eigenvalue weighted by Crippen LogP contribution is 2.10. The van der Waals surface area contributed by atoms with E-state index in [0.717, 1.165) is 12.8 Å². The molecule has 0 aromatic heterocycles. The molecule has 0 saturated heterocycles. The lowest BCUT2D eigenvalue weighted by atomic mass is 9.97. The van der Waals surface area contributed by atoms with E-state index in [2.05, 4.69) is 6.58 Å². The second-order valence-electron chi connectivity index (χ2n) is 2.71. The average molecular weight is 169 g/mol. The van der Waals surface area contributed by atoms with E-state index in [0.29, 0.717) is 6.42 Å². The molecule has 3 nitrogen and oxygen atoms in total. The van der Waals surface area contributed by atoms with Crippen molar-refractivity contribution in [2.24, 2.45) is 11.7 Å². The second-order valence-corrected chi connectivity index (χ2v) is 2.71. The Morgan fingerprint density at radius 2 is 2.17 bits per heavy atom. The summed E-state index contributed by atoms with van der Waals surface area (Å²) in [5, 5.41) is 0. The molecular weight excluding hydrogens is 154 g/mol. The molecule has 1 amide bonds. The molecule has 12 heavy (non-hydrogen) atoms. The van der Waals surface area contributed by atoms with E-state index in [-0.39, 0.29) is 5.92 Å². The van der Waals surface area contributed by atoms with E-state index >= 15 is 0 Å². The predicted octanol–water partition coefficient (Wildman–Crippen LogP) is 1.03. The van der Waals surface area contributed by atoms with Gasteiger partial charge in [-0.1, -0.05) is 25.8 Å². The molecule has 0 spiro atoms. The molecule has 0 fully saturated rings. The van der Waals surface area contributed by atoms with Crippen molar-refractivity contribution < 1.29 is 9.59 Å². The molecule has 2 N–H and O–H groups in total. The van der Waals surface area contributed by atoms with Crippen LogP contribution in [0.15, 0.2) is 12.7 Å². The Hall–Kier alpha value is -1.12. The van der Waals surface area contributed by atoms with Crippen molar-refractivity contribution in [3.05, 3.63) is 12.7 Å². The summed E-state index contributed by atoms with van der Waals surface area (Å²) in [4.78, 5) is 21.5. The number of carbonyl (C=O) groups excluding carboxylic acids is 2. The van der Waals surface area contributed by atoms with Gasteiger partial charge in [-0.3, -0.25) is 9.59 Å². The zero-order chi connectivity index (χ0) is 9.56. The molecule has 0 aliphatic rings. The topological polar surface area (TPSA) is 60.2 Å². The molecule has 0 unspecified atom stereocenters. The first-order valence-electron chi connectivity index (χ1n) is 4.09. The largest absolute Gasteiger partial charge is 0.363 e. The van der Waals surface area contributed by atoms with Gasteiger partial charge in [0.25, 0.3) is 5.91 Å². The fourth-order valence-corrected chi connectivity index (χ4v) is 0.963. The van der Waals surface area contributed by atoms with Gasteiger partial charge in [0.15, 0.2) is 0 Å². The number of hydrogen-bond acceptors (Lipinski definition) is 2. The lowest BCUT2D eigenvalue weighted by Crippen LogP contribution is -2.29. The molecule has 0 saturated carbocycles. The Labute approximate surface area is 72.6 Å². The smallest absolute Gasteiger partial charge is 0.285 e. The zero-order valence-corrected chi connectivity index (χ0v) is 7.38. The zero-order valence-electron chi connectivity index (χ0n) is 7.38. The molecule has 0 aromatic carbocycles. The van der Waals surface area contributed by atoms with Gasteiger partial charge in [0.2, 0.25) is 5.78 Å². The maximum Gasteiger partial charge on any atom is 0.285 e. The number of primary amides is 1. The molecule has 0 aliphatic heterocycles. The van der Waals surface area contributed by atoms with E-state index in [1.54, 1.807) is 0 Å². The van der Waals surface area contributed by atoms with Gasteiger partial charge in [-0.05, 0) is 6.42 Å². The summed E-state index contributed by atoms with van der Waals surface area (Å²) >= 11 is 0. The van der Waals surface area contributed by atoms with Crippen LogP contribution in [0.25, 0.3) is 0 Å². The van der Waals surface area contributed by atoms with Gasteiger partial charge >= 0.3 is 0 Å². The van der Waals surface area contributed by atoms with E-state index in [1.165, 1.54) is 6.08 Å². The van der Waals surface area contributed by atoms with Crippen molar-refractivity contribution in [1.82, 2.24) is 0 Å². The van der Waals surface area contributed by atoms with Crippen LogP contribution in [-0.2, 0) is 9.59 Å². The SMILES string of the molecule is C=C[C@@H](CCCC)C(=O)C(N)=O. The molecule has 0 bridgehead atoms. The van der Waals surface area contributed by atoms with Crippen molar-refractivity contribution in [3.63, 3.8) is 0 Å². The summed E-state index contributed by atoms with van der Waals surface area (Å²) in [7, 11) is 0. The lowest BCUT2D eigenvalue weighted by molar-refractivity contribution is -0.137. The minimum Gasteiger partial charge on any atom is -0.363 e. The number of nitrogens with two attached hydrogens (primary N) is 1. The number of Topliss-reactive ketones (excluding diaryl/α,β-unsaturated/α-hetero) is 1. The Balaban J connectivity index is 4.05. The fraction of sp³-hybridized carbons (Fsp3) is 0.556. The third-order valence-corrected chi connectivity index (χ3v) is 1.73. The summed E-state index contributed by atoms with van der Waals surface area (Å²) in [5.41, 5.74) is 4.85. The Kier molecular flexibility index (Phi) is 5.00. The minimum atomic E-state index is -0.865. The van der Waals surface area contributed by atoms with E-state index in [1.807, 2.05) is 6.92 Å². The van der Waals surface area contributed by atoms with Crippen LogP contribution in [0.1, 0.15) is 26.2 Å². The molecule has 0 aromatic rings.